The third-order valence-corrected chi connectivity index (χ3v) is 5.39. The molecule has 0 saturated carbocycles. The zero-order valence-electron chi connectivity index (χ0n) is 11.0. The molecule has 2 aromatic carbocycles. The van der Waals surface area contributed by atoms with Gasteiger partial charge in [0.15, 0.2) is 5.78 Å². The van der Waals surface area contributed by atoms with Gasteiger partial charge in [-0.3, -0.25) is 4.79 Å². The van der Waals surface area contributed by atoms with E-state index in [-0.39, 0.29) is 5.78 Å². The lowest BCUT2D eigenvalue weighted by Crippen LogP contribution is -2.04. The van der Waals surface area contributed by atoms with Gasteiger partial charge in [0, 0.05) is 31.1 Å². The summed E-state index contributed by atoms with van der Waals surface area (Å²) < 4.78 is 2.17. The van der Waals surface area contributed by atoms with Gasteiger partial charge in [0.25, 0.3) is 0 Å². The van der Waals surface area contributed by atoms with Crippen molar-refractivity contribution in [2.75, 3.05) is 0 Å². The SMILES string of the molecule is CCc1ccccc1C(=O)c1csc2c(Br)cccc12. The van der Waals surface area contributed by atoms with Crippen LogP contribution in [-0.4, -0.2) is 5.78 Å². The number of halogens is 1. The molecular weight excluding hydrogens is 332 g/mol. The van der Waals surface area contributed by atoms with Crippen LogP contribution in [0.5, 0.6) is 0 Å². The molecule has 100 valence electrons. The third-order valence-electron chi connectivity index (χ3n) is 3.44. The van der Waals surface area contributed by atoms with Gasteiger partial charge in [-0.1, -0.05) is 43.3 Å². The minimum absolute atomic E-state index is 0.117. The standard InChI is InChI=1S/C17H13BrOS/c1-2-11-6-3-4-7-12(11)16(19)14-10-20-17-13(14)8-5-9-15(17)18/h3-10H,2H2,1H3. The molecule has 0 radical (unpaired) electrons. The maximum Gasteiger partial charge on any atom is 0.194 e. The van der Waals surface area contributed by atoms with E-state index >= 15 is 0 Å². The summed E-state index contributed by atoms with van der Waals surface area (Å²) in [5, 5.41) is 2.99. The highest BCUT2D eigenvalue weighted by atomic mass is 79.9. The maximum atomic E-state index is 12.8. The molecular formula is C17H13BrOS. The number of hydrogen-bond acceptors (Lipinski definition) is 2. The summed E-state index contributed by atoms with van der Waals surface area (Å²) in [6.07, 6.45) is 0.869. The van der Waals surface area contributed by atoms with Crippen LogP contribution in [0.25, 0.3) is 10.1 Å². The van der Waals surface area contributed by atoms with Crippen LogP contribution in [0.4, 0.5) is 0 Å². The minimum Gasteiger partial charge on any atom is -0.289 e. The Labute approximate surface area is 130 Å². The summed E-state index contributed by atoms with van der Waals surface area (Å²) in [5.41, 5.74) is 2.72. The summed E-state index contributed by atoms with van der Waals surface area (Å²) >= 11 is 5.15. The number of aryl methyl sites for hydroxylation is 1. The second-order valence-electron chi connectivity index (χ2n) is 4.61. The van der Waals surface area contributed by atoms with Crippen molar-refractivity contribution in [3.05, 3.63) is 69.0 Å². The van der Waals surface area contributed by atoms with Crippen molar-refractivity contribution in [1.82, 2.24) is 0 Å². The van der Waals surface area contributed by atoms with E-state index in [1.54, 1.807) is 11.3 Å². The summed E-state index contributed by atoms with van der Waals surface area (Å²) in [7, 11) is 0. The number of thiophene rings is 1. The molecule has 0 bridgehead atoms. The number of carbonyl (C=O) groups is 1. The number of carbonyl (C=O) groups excluding carboxylic acids is 1. The molecule has 3 rings (SSSR count). The quantitative estimate of drug-likeness (QED) is 0.576. The third kappa shape index (κ3) is 2.21. The average molecular weight is 345 g/mol. The van der Waals surface area contributed by atoms with Crippen LogP contribution in [-0.2, 0) is 6.42 Å². The van der Waals surface area contributed by atoms with Crippen LogP contribution in [0.1, 0.15) is 28.4 Å². The predicted molar refractivity (Wildman–Crippen MR) is 88.8 cm³/mol. The fourth-order valence-corrected chi connectivity index (χ4v) is 3.99. The monoisotopic (exact) mass is 344 g/mol. The van der Waals surface area contributed by atoms with Crippen molar-refractivity contribution >= 4 is 43.1 Å². The lowest BCUT2D eigenvalue weighted by Gasteiger charge is -2.06. The highest BCUT2D eigenvalue weighted by Crippen LogP contribution is 2.33. The Morgan fingerprint density at radius 3 is 2.70 bits per heavy atom. The second-order valence-corrected chi connectivity index (χ2v) is 6.34. The van der Waals surface area contributed by atoms with Crippen LogP contribution in [0.2, 0.25) is 0 Å². The first-order chi connectivity index (χ1) is 9.72. The van der Waals surface area contributed by atoms with E-state index in [4.69, 9.17) is 0 Å². The second kappa shape index (κ2) is 5.51. The van der Waals surface area contributed by atoms with Crippen LogP contribution in [0, 0.1) is 0 Å². The Bertz CT molecular complexity index is 789. The fourth-order valence-electron chi connectivity index (χ4n) is 2.39. The Hall–Kier alpha value is -1.45. The zero-order chi connectivity index (χ0) is 14.1. The number of benzene rings is 2. The summed E-state index contributed by atoms with van der Waals surface area (Å²) in [6, 6.07) is 13.8. The zero-order valence-corrected chi connectivity index (χ0v) is 13.4. The van der Waals surface area contributed by atoms with Gasteiger partial charge in [-0.15, -0.1) is 11.3 Å². The van der Waals surface area contributed by atoms with E-state index in [2.05, 4.69) is 22.9 Å². The molecule has 1 aromatic heterocycles. The molecule has 0 saturated heterocycles. The number of rotatable bonds is 3. The summed E-state index contributed by atoms with van der Waals surface area (Å²) in [5.74, 6) is 0.117. The molecule has 0 aliphatic carbocycles. The van der Waals surface area contributed by atoms with E-state index in [1.807, 2.05) is 47.8 Å². The van der Waals surface area contributed by atoms with Gasteiger partial charge in [-0.2, -0.15) is 0 Å². The summed E-state index contributed by atoms with van der Waals surface area (Å²) in [6.45, 7) is 2.08. The van der Waals surface area contributed by atoms with Gasteiger partial charge in [-0.25, -0.2) is 0 Å². The fraction of sp³-hybridized carbons (Fsp3) is 0.118. The lowest BCUT2D eigenvalue weighted by molar-refractivity contribution is 0.104. The van der Waals surface area contributed by atoms with Gasteiger partial charge >= 0.3 is 0 Å². The molecule has 0 atom stereocenters. The minimum atomic E-state index is 0.117. The van der Waals surface area contributed by atoms with Crippen molar-refractivity contribution in [2.45, 2.75) is 13.3 Å². The van der Waals surface area contributed by atoms with Crippen molar-refractivity contribution < 1.29 is 4.79 Å². The normalized spacial score (nSPS) is 10.9. The lowest BCUT2D eigenvalue weighted by atomic mass is 9.97. The number of ketones is 1. The first-order valence-corrected chi connectivity index (χ1v) is 8.18. The molecule has 0 aliphatic rings. The van der Waals surface area contributed by atoms with Crippen LogP contribution in [0.15, 0.2) is 52.3 Å². The van der Waals surface area contributed by atoms with Gasteiger partial charge in [-0.05, 0) is 34.0 Å². The highest BCUT2D eigenvalue weighted by Gasteiger charge is 2.17. The average Bonchev–Trinajstić information content (AvgIpc) is 2.92. The van der Waals surface area contributed by atoms with Crippen LogP contribution >= 0.6 is 27.3 Å². The maximum absolute atomic E-state index is 12.8. The molecule has 0 amide bonds. The molecule has 20 heavy (non-hydrogen) atoms. The molecule has 0 fully saturated rings. The molecule has 0 unspecified atom stereocenters. The van der Waals surface area contributed by atoms with Gasteiger partial charge in [0.05, 0.1) is 0 Å². The molecule has 3 aromatic rings. The Morgan fingerprint density at radius 1 is 1.10 bits per heavy atom. The molecule has 3 heteroatoms. The number of fused-ring (bicyclic) bond motifs is 1. The largest absolute Gasteiger partial charge is 0.289 e. The van der Waals surface area contributed by atoms with E-state index in [0.29, 0.717) is 0 Å². The van der Waals surface area contributed by atoms with Crippen molar-refractivity contribution in [1.29, 1.82) is 0 Å². The first-order valence-electron chi connectivity index (χ1n) is 6.50. The van der Waals surface area contributed by atoms with E-state index in [9.17, 15) is 4.79 Å². The van der Waals surface area contributed by atoms with Crippen LogP contribution in [0.3, 0.4) is 0 Å². The van der Waals surface area contributed by atoms with Crippen molar-refractivity contribution in [2.24, 2.45) is 0 Å². The molecule has 0 aliphatic heterocycles. The Morgan fingerprint density at radius 2 is 1.90 bits per heavy atom. The highest BCUT2D eigenvalue weighted by molar-refractivity contribution is 9.10. The molecule has 0 N–H and O–H groups in total. The van der Waals surface area contributed by atoms with Crippen molar-refractivity contribution in [3.63, 3.8) is 0 Å². The van der Waals surface area contributed by atoms with E-state index in [1.165, 1.54) is 0 Å². The van der Waals surface area contributed by atoms with E-state index < -0.39 is 0 Å². The van der Waals surface area contributed by atoms with Crippen molar-refractivity contribution in [3.8, 4) is 0 Å². The first kappa shape index (κ1) is 13.5. The summed E-state index contributed by atoms with van der Waals surface area (Å²) in [4.78, 5) is 12.8. The van der Waals surface area contributed by atoms with Crippen LogP contribution < -0.4 is 0 Å². The molecule has 0 spiro atoms. The molecule has 1 nitrogen and oxygen atoms in total. The number of hydrogen-bond donors (Lipinski definition) is 0. The van der Waals surface area contributed by atoms with Gasteiger partial charge in [0.1, 0.15) is 0 Å². The van der Waals surface area contributed by atoms with Gasteiger partial charge in [0.2, 0.25) is 0 Å². The molecule has 1 heterocycles. The van der Waals surface area contributed by atoms with Gasteiger partial charge < -0.3 is 0 Å². The Balaban J connectivity index is 2.16. The Kier molecular flexibility index (Phi) is 3.72. The topological polar surface area (TPSA) is 17.1 Å². The smallest absolute Gasteiger partial charge is 0.194 e. The van der Waals surface area contributed by atoms with E-state index in [0.717, 1.165) is 37.7 Å². The predicted octanol–water partition coefficient (Wildman–Crippen LogP) is 5.46.